The van der Waals surface area contributed by atoms with E-state index in [0.29, 0.717) is 17.6 Å². The molecule has 1 aliphatic heterocycles. The Bertz CT molecular complexity index is 1280. The van der Waals surface area contributed by atoms with Crippen molar-refractivity contribution in [2.45, 2.75) is 25.4 Å². The van der Waals surface area contributed by atoms with Gasteiger partial charge < -0.3 is 9.32 Å². The highest BCUT2D eigenvalue weighted by molar-refractivity contribution is 6.01. The maximum atomic E-state index is 13.2. The zero-order valence-electron chi connectivity index (χ0n) is 15.5. The summed E-state index contributed by atoms with van der Waals surface area (Å²) in [6.45, 7) is 0.493. The quantitative estimate of drug-likeness (QED) is 0.535. The van der Waals surface area contributed by atoms with E-state index in [-0.39, 0.29) is 35.5 Å². The first-order chi connectivity index (χ1) is 14.1. The molecule has 0 N–H and O–H groups in total. The Morgan fingerprint density at radius 3 is 2.79 bits per heavy atom. The van der Waals surface area contributed by atoms with Crippen LogP contribution in [0, 0.1) is 5.82 Å². The van der Waals surface area contributed by atoms with E-state index in [1.54, 1.807) is 23.1 Å². The van der Waals surface area contributed by atoms with Crippen LogP contribution in [0.5, 0.6) is 0 Å². The van der Waals surface area contributed by atoms with Gasteiger partial charge in [-0.05, 0) is 42.7 Å². The molecule has 29 heavy (non-hydrogen) atoms. The van der Waals surface area contributed by atoms with E-state index in [9.17, 15) is 14.0 Å². The number of halogens is 1. The molecule has 3 heterocycles. The number of para-hydroxylation sites is 1. The van der Waals surface area contributed by atoms with Crippen molar-refractivity contribution in [2.24, 2.45) is 0 Å². The number of carbonyl (C=O) groups is 1. The van der Waals surface area contributed by atoms with Crippen molar-refractivity contribution in [1.29, 1.82) is 0 Å². The molecule has 1 atom stereocenters. The molecule has 1 amide bonds. The van der Waals surface area contributed by atoms with Crippen LogP contribution in [-0.4, -0.2) is 26.9 Å². The molecule has 0 saturated carbocycles. The average molecular weight is 391 g/mol. The first-order valence-electron chi connectivity index (χ1n) is 9.53. The van der Waals surface area contributed by atoms with Gasteiger partial charge in [-0.15, -0.1) is 0 Å². The lowest BCUT2D eigenvalue weighted by atomic mass is 10.0. The molecule has 1 unspecified atom stereocenters. The molecular weight excluding hydrogens is 373 g/mol. The van der Waals surface area contributed by atoms with Gasteiger partial charge in [-0.1, -0.05) is 24.3 Å². The fraction of sp³-hybridized carbons (Fsp3) is 0.227. The third-order valence-electron chi connectivity index (χ3n) is 5.48. The number of fused-ring (bicyclic) bond motifs is 3. The number of nitrogens with zero attached hydrogens (tertiary/aromatic N) is 3. The zero-order chi connectivity index (χ0) is 20.0. The van der Waals surface area contributed by atoms with Crippen LogP contribution in [0.25, 0.3) is 22.1 Å². The Labute approximate surface area is 165 Å². The summed E-state index contributed by atoms with van der Waals surface area (Å²) >= 11 is 0. The largest absolute Gasteiger partial charge is 0.448 e. The van der Waals surface area contributed by atoms with Crippen molar-refractivity contribution in [3.05, 3.63) is 76.6 Å². The van der Waals surface area contributed by atoms with Crippen LogP contribution in [0.1, 0.15) is 24.4 Å². The van der Waals surface area contributed by atoms with Gasteiger partial charge in [-0.3, -0.25) is 14.2 Å². The Morgan fingerprint density at radius 1 is 1.17 bits per heavy atom. The second-order valence-corrected chi connectivity index (χ2v) is 7.25. The van der Waals surface area contributed by atoms with Crippen molar-refractivity contribution in [3.8, 4) is 0 Å². The molecule has 5 rings (SSSR count). The molecule has 0 spiro atoms. The zero-order valence-corrected chi connectivity index (χ0v) is 15.5. The molecule has 1 aliphatic rings. The number of furan rings is 1. The second kappa shape index (κ2) is 6.84. The fourth-order valence-electron chi connectivity index (χ4n) is 4.06. The fourth-order valence-corrected chi connectivity index (χ4v) is 4.06. The molecule has 4 aromatic rings. The van der Waals surface area contributed by atoms with Crippen LogP contribution in [0.2, 0.25) is 0 Å². The van der Waals surface area contributed by atoms with Gasteiger partial charge >= 0.3 is 0 Å². The summed E-state index contributed by atoms with van der Waals surface area (Å²) in [5, 5.41) is 0.772. The number of likely N-dealkylation sites (tertiary alicyclic amines) is 1. The van der Waals surface area contributed by atoms with Crippen molar-refractivity contribution < 1.29 is 13.6 Å². The molecule has 0 aliphatic carbocycles. The third kappa shape index (κ3) is 2.99. The average Bonchev–Trinajstić information content (AvgIpc) is 3.36. The van der Waals surface area contributed by atoms with Gasteiger partial charge in [-0.25, -0.2) is 9.37 Å². The van der Waals surface area contributed by atoms with E-state index in [1.165, 1.54) is 23.0 Å². The van der Waals surface area contributed by atoms with Crippen LogP contribution < -0.4 is 5.56 Å². The summed E-state index contributed by atoms with van der Waals surface area (Å²) in [7, 11) is 0. The molecule has 0 radical (unpaired) electrons. The van der Waals surface area contributed by atoms with Crippen LogP contribution in [0.3, 0.4) is 0 Å². The van der Waals surface area contributed by atoms with E-state index in [2.05, 4.69) is 4.98 Å². The van der Waals surface area contributed by atoms with Crippen molar-refractivity contribution in [3.63, 3.8) is 0 Å². The van der Waals surface area contributed by atoms with Gasteiger partial charge in [0.25, 0.3) is 5.56 Å². The summed E-state index contributed by atoms with van der Waals surface area (Å²) in [6.07, 6.45) is 3.07. The van der Waals surface area contributed by atoms with Gasteiger partial charge in [-0.2, -0.15) is 0 Å². The lowest BCUT2D eigenvalue weighted by Crippen LogP contribution is -2.36. The highest BCUT2D eigenvalue weighted by Gasteiger charge is 2.30. The molecule has 6 nitrogen and oxygen atoms in total. The van der Waals surface area contributed by atoms with Crippen molar-refractivity contribution >= 4 is 28.0 Å². The van der Waals surface area contributed by atoms with E-state index >= 15 is 0 Å². The number of carbonyl (C=O) groups excluding carboxylic acids is 1. The monoisotopic (exact) mass is 391 g/mol. The molecule has 1 fully saturated rings. The van der Waals surface area contributed by atoms with Crippen LogP contribution in [0.4, 0.5) is 4.39 Å². The van der Waals surface area contributed by atoms with E-state index in [4.69, 9.17) is 4.42 Å². The lowest BCUT2D eigenvalue weighted by Gasteiger charge is -2.25. The maximum Gasteiger partial charge on any atom is 0.297 e. The molecule has 2 aromatic carbocycles. The Kier molecular flexibility index (Phi) is 4.16. The minimum absolute atomic E-state index is 0.110. The summed E-state index contributed by atoms with van der Waals surface area (Å²) < 4.78 is 20.2. The number of hydrogen-bond acceptors (Lipinski definition) is 4. The number of hydrogen-bond donors (Lipinski definition) is 0. The van der Waals surface area contributed by atoms with Gasteiger partial charge in [0.1, 0.15) is 23.5 Å². The van der Waals surface area contributed by atoms with E-state index in [1.807, 2.05) is 18.2 Å². The highest BCUT2D eigenvalue weighted by Crippen LogP contribution is 2.32. The Morgan fingerprint density at radius 2 is 1.97 bits per heavy atom. The van der Waals surface area contributed by atoms with Crippen molar-refractivity contribution in [1.82, 2.24) is 14.5 Å². The van der Waals surface area contributed by atoms with Gasteiger partial charge in [0.15, 0.2) is 0 Å². The SMILES string of the molecule is O=C(Cn1cnc2c(oc3ccccc32)c1=O)N1CCCC1c1ccc(F)cc1. The molecule has 0 bridgehead atoms. The van der Waals surface area contributed by atoms with Crippen LogP contribution in [0.15, 0.2) is 64.1 Å². The van der Waals surface area contributed by atoms with Gasteiger partial charge in [0.05, 0.1) is 12.4 Å². The molecule has 2 aromatic heterocycles. The smallest absolute Gasteiger partial charge is 0.297 e. The Hall–Kier alpha value is -3.48. The number of amides is 1. The molecule has 7 heteroatoms. The first kappa shape index (κ1) is 17.6. The Balaban J connectivity index is 1.45. The second-order valence-electron chi connectivity index (χ2n) is 7.25. The first-order valence-corrected chi connectivity index (χ1v) is 9.53. The summed E-state index contributed by atoms with van der Waals surface area (Å²) in [4.78, 5) is 31.9. The topological polar surface area (TPSA) is 68.3 Å². The van der Waals surface area contributed by atoms with Gasteiger partial charge in [0, 0.05) is 11.9 Å². The van der Waals surface area contributed by atoms with Crippen LogP contribution >= 0.6 is 0 Å². The molecular formula is C22H18FN3O3. The number of aromatic nitrogens is 2. The molecule has 1 saturated heterocycles. The predicted molar refractivity (Wildman–Crippen MR) is 106 cm³/mol. The van der Waals surface area contributed by atoms with E-state index < -0.39 is 0 Å². The lowest BCUT2D eigenvalue weighted by molar-refractivity contribution is -0.132. The predicted octanol–water partition coefficient (Wildman–Crippen LogP) is 3.65. The highest BCUT2D eigenvalue weighted by atomic mass is 19.1. The van der Waals surface area contributed by atoms with E-state index in [0.717, 1.165) is 23.8 Å². The normalized spacial score (nSPS) is 16.7. The summed E-state index contributed by atoms with van der Waals surface area (Å²) in [5.74, 6) is -0.474. The summed E-state index contributed by atoms with van der Waals surface area (Å²) in [5.41, 5.74) is 1.76. The minimum atomic E-state index is -0.378. The van der Waals surface area contributed by atoms with Crippen molar-refractivity contribution in [2.75, 3.05) is 6.54 Å². The maximum absolute atomic E-state index is 13.2. The van der Waals surface area contributed by atoms with Crippen LogP contribution in [-0.2, 0) is 11.3 Å². The third-order valence-corrected chi connectivity index (χ3v) is 5.48. The number of benzene rings is 2. The van der Waals surface area contributed by atoms with Gasteiger partial charge in [0.2, 0.25) is 11.5 Å². The minimum Gasteiger partial charge on any atom is -0.448 e. The number of rotatable bonds is 3. The molecule has 146 valence electrons. The standard InChI is InChI=1S/C22H18FN3O3/c23-15-9-7-14(8-10-15)17-5-3-11-26(17)19(27)12-25-13-24-20-16-4-1-2-6-18(16)29-21(20)22(25)28/h1-2,4,6-10,13,17H,3,5,11-12H2. The summed E-state index contributed by atoms with van der Waals surface area (Å²) in [6, 6.07) is 13.4.